The summed E-state index contributed by atoms with van der Waals surface area (Å²) in [6.07, 6.45) is 3.81. The van der Waals surface area contributed by atoms with E-state index in [2.05, 4.69) is 17.3 Å². The largest absolute Gasteiger partial charge is 0.494 e. The third-order valence-corrected chi connectivity index (χ3v) is 3.28. The van der Waals surface area contributed by atoms with Crippen molar-refractivity contribution in [1.29, 1.82) is 0 Å². The molecular formula is C17H23N3O2. The van der Waals surface area contributed by atoms with Gasteiger partial charge in [0, 0.05) is 17.7 Å². The smallest absolute Gasteiger partial charge is 0.256 e. The van der Waals surface area contributed by atoms with Crippen molar-refractivity contribution in [2.75, 3.05) is 11.9 Å². The van der Waals surface area contributed by atoms with Gasteiger partial charge in [0.1, 0.15) is 11.6 Å². The molecule has 2 aromatic rings. The Kier molecular flexibility index (Phi) is 5.58. The van der Waals surface area contributed by atoms with E-state index < -0.39 is 0 Å². The van der Waals surface area contributed by atoms with E-state index in [-0.39, 0.29) is 11.9 Å². The number of nitrogens with one attached hydrogen (secondary N) is 1. The van der Waals surface area contributed by atoms with Crippen LogP contribution in [0.2, 0.25) is 0 Å². The highest BCUT2D eigenvalue weighted by Crippen LogP contribution is 2.16. The number of anilines is 1. The van der Waals surface area contributed by atoms with Crippen molar-refractivity contribution >= 4 is 11.7 Å². The van der Waals surface area contributed by atoms with Crippen molar-refractivity contribution in [3.63, 3.8) is 0 Å². The number of hydrogen-bond donors (Lipinski definition) is 1. The van der Waals surface area contributed by atoms with Crippen molar-refractivity contribution in [1.82, 2.24) is 9.78 Å². The van der Waals surface area contributed by atoms with Gasteiger partial charge in [-0.3, -0.25) is 4.79 Å². The summed E-state index contributed by atoms with van der Waals surface area (Å²) in [7, 11) is 0. The van der Waals surface area contributed by atoms with Crippen LogP contribution in [0.15, 0.2) is 36.5 Å². The highest BCUT2D eigenvalue weighted by molar-refractivity contribution is 6.03. The summed E-state index contributed by atoms with van der Waals surface area (Å²) in [5.74, 6) is 1.34. The Bertz CT molecular complexity index is 603. The zero-order valence-electron chi connectivity index (χ0n) is 13.4. The lowest BCUT2D eigenvalue weighted by Gasteiger charge is -2.12. The fraction of sp³-hybridized carbons (Fsp3) is 0.412. The lowest BCUT2D eigenvalue weighted by atomic mass is 10.2. The van der Waals surface area contributed by atoms with E-state index in [0.717, 1.165) is 18.6 Å². The number of nitrogens with zero attached hydrogens (tertiary/aromatic N) is 2. The number of rotatable bonds is 7. The van der Waals surface area contributed by atoms with Crippen molar-refractivity contribution in [3.8, 4) is 5.75 Å². The minimum atomic E-state index is -0.150. The van der Waals surface area contributed by atoms with Gasteiger partial charge in [-0.1, -0.05) is 13.3 Å². The highest BCUT2D eigenvalue weighted by Gasteiger charge is 2.11. The van der Waals surface area contributed by atoms with Gasteiger partial charge in [0.15, 0.2) is 0 Å². The van der Waals surface area contributed by atoms with Crippen molar-refractivity contribution < 1.29 is 9.53 Å². The van der Waals surface area contributed by atoms with Crippen LogP contribution < -0.4 is 10.1 Å². The lowest BCUT2D eigenvalue weighted by molar-refractivity contribution is 0.102. The number of carbonyl (C=O) groups is 1. The number of aromatic nitrogens is 2. The molecule has 0 aliphatic heterocycles. The van der Waals surface area contributed by atoms with Gasteiger partial charge in [0.2, 0.25) is 0 Å². The van der Waals surface area contributed by atoms with Crippen molar-refractivity contribution in [2.24, 2.45) is 0 Å². The summed E-state index contributed by atoms with van der Waals surface area (Å²) >= 11 is 0. The average Bonchev–Trinajstić information content (AvgIpc) is 2.96. The minimum absolute atomic E-state index is 0.150. The van der Waals surface area contributed by atoms with E-state index in [0.29, 0.717) is 18.0 Å². The van der Waals surface area contributed by atoms with E-state index in [1.54, 1.807) is 29.1 Å². The Morgan fingerprint density at radius 1 is 1.27 bits per heavy atom. The molecule has 22 heavy (non-hydrogen) atoms. The van der Waals surface area contributed by atoms with Crippen LogP contribution in [-0.2, 0) is 0 Å². The number of amides is 1. The summed E-state index contributed by atoms with van der Waals surface area (Å²) in [6.45, 7) is 6.87. The van der Waals surface area contributed by atoms with E-state index in [1.807, 2.05) is 26.0 Å². The molecule has 118 valence electrons. The zero-order valence-corrected chi connectivity index (χ0v) is 13.4. The van der Waals surface area contributed by atoms with Gasteiger partial charge in [0.25, 0.3) is 5.91 Å². The molecule has 0 aliphatic carbocycles. The summed E-state index contributed by atoms with van der Waals surface area (Å²) < 4.78 is 7.37. The lowest BCUT2D eigenvalue weighted by Crippen LogP contribution is -2.16. The highest BCUT2D eigenvalue weighted by atomic mass is 16.5. The van der Waals surface area contributed by atoms with E-state index >= 15 is 0 Å². The molecule has 5 heteroatoms. The molecule has 0 bridgehead atoms. The Balaban J connectivity index is 1.99. The summed E-state index contributed by atoms with van der Waals surface area (Å²) in [5.41, 5.74) is 0.597. The van der Waals surface area contributed by atoms with Crippen LogP contribution in [0, 0.1) is 0 Å². The SMILES string of the molecule is CCCCOc1ccc(C(=O)Nc2ccnn2C(C)C)cc1. The van der Waals surface area contributed by atoms with Crippen LogP contribution in [0.1, 0.15) is 50.0 Å². The standard InChI is InChI=1S/C17H23N3O2/c1-4-5-12-22-15-8-6-14(7-9-15)17(21)19-16-10-11-18-20(16)13(2)3/h6-11,13H,4-5,12H2,1-3H3,(H,19,21). The molecule has 0 saturated heterocycles. The molecular weight excluding hydrogens is 278 g/mol. The second kappa shape index (κ2) is 7.64. The average molecular weight is 301 g/mol. The van der Waals surface area contributed by atoms with Gasteiger partial charge in [0.05, 0.1) is 12.8 Å². The molecule has 2 rings (SSSR count). The molecule has 1 aromatic carbocycles. The zero-order chi connectivity index (χ0) is 15.9. The number of benzene rings is 1. The number of hydrogen-bond acceptors (Lipinski definition) is 3. The molecule has 0 unspecified atom stereocenters. The summed E-state index contributed by atoms with van der Waals surface area (Å²) in [6, 6.07) is 9.17. The molecule has 1 amide bonds. The molecule has 1 heterocycles. The van der Waals surface area contributed by atoms with Crippen molar-refractivity contribution in [3.05, 3.63) is 42.1 Å². The first kappa shape index (κ1) is 16.1. The van der Waals surface area contributed by atoms with Gasteiger partial charge in [-0.2, -0.15) is 5.10 Å². The predicted molar refractivity (Wildman–Crippen MR) is 87.4 cm³/mol. The van der Waals surface area contributed by atoms with E-state index in [4.69, 9.17) is 4.74 Å². The van der Waals surface area contributed by atoms with Crippen LogP contribution in [0.25, 0.3) is 0 Å². The third kappa shape index (κ3) is 4.10. The van der Waals surface area contributed by atoms with Gasteiger partial charge in [-0.05, 0) is 44.5 Å². The Hall–Kier alpha value is -2.30. The van der Waals surface area contributed by atoms with Crippen LogP contribution >= 0.6 is 0 Å². The summed E-state index contributed by atoms with van der Waals surface area (Å²) in [5, 5.41) is 7.08. The van der Waals surface area contributed by atoms with Gasteiger partial charge in [-0.15, -0.1) is 0 Å². The molecule has 0 aliphatic rings. The molecule has 0 spiro atoms. The number of carbonyl (C=O) groups excluding carboxylic acids is 1. The van der Waals surface area contributed by atoms with Crippen LogP contribution in [0.5, 0.6) is 5.75 Å². The maximum absolute atomic E-state index is 12.3. The monoisotopic (exact) mass is 301 g/mol. The fourth-order valence-electron chi connectivity index (χ4n) is 2.05. The quantitative estimate of drug-likeness (QED) is 0.789. The second-order valence-electron chi connectivity index (χ2n) is 5.44. The van der Waals surface area contributed by atoms with Crippen LogP contribution in [0.3, 0.4) is 0 Å². The summed E-state index contributed by atoms with van der Waals surface area (Å²) in [4.78, 5) is 12.3. The third-order valence-electron chi connectivity index (χ3n) is 3.28. The van der Waals surface area contributed by atoms with Gasteiger partial charge >= 0.3 is 0 Å². The first-order valence-corrected chi connectivity index (χ1v) is 7.69. The fourth-order valence-corrected chi connectivity index (χ4v) is 2.05. The van der Waals surface area contributed by atoms with E-state index in [1.165, 1.54) is 0 Å². The van der Waals surface area contributed by atoms with Gasteiger partial charge in [-0.25, -0.2) is 4.68 Å². The molecule has 1 aromatic heterocycles. The normalized spacial score (nSPS) is 10.7. The maximum Gasteiger partial charge on any atom is 0.256 e. The Morgan fingerprint density at radius 2 is 2.00 bits per heavy atom. The van der Waals surface area contributed by atoms with Crippen LogP contribution in [0.4, 0.5) is 5.82 Å². The molecule has 0 fully saturated rings. The molecule has 1 N–H and O–H groups in total. The number of ether oxygens (including phenoxy) is 1. The van der Waals surface area contributed by atoms with Crippen LogP contribution in [-0.4, -0.2) is 22.3 Å². The Morgan fingerprint density at radius 3 is 2.64 bits per heavy atom. The van der Waals surface area contributed by atoms with E-state index in [9.17, 15) is 4.79 Å². The Labute approximate surface area is 131 Å². The molecule has 0 radical (unpaired) electrons. The second-order valence-corrected chi connectivity index (χ2v) is 5.44. The number of unbranched alkanes of at least 4 members (excludes halogenated alkanes) is 1. The molecule has 0 saturated carbocycles. The first-order valence-electron chi connectivity index (χ1n) is 7.69. The molecule has 5 nitrogen and oxygen atoms in total. The molecule has 0 atom stereocenters. The maximum atomic E-state index is 12.3. The topological polar surface area (TPSA) is 56.1 Å². The van der Waals surface area contributed by atoms with Crippen molar-refractivity contribution in [2.45, 2.75) is 39.7 Å². The predicted octanol–water partition coefficient (Wildman–Crippen LogP) is 3.90. The minimum Gasteiger partial charge on any atom is -0.494 e. The van der Waals surface area contributed by atoms with Gasteiger partial charge < -0.3 is 10.1 Å². The first-order chi connectivity index (χ1) is 10.6.